The van der Waals surface area contributed by atoms with Crippen LogP contribution in [0.2, 0.25) is 0 Å². The first-order valence-electron chi connectivity index (χ1n) is 5.84. The molecule has 0 saturated heterocycles. The Morgan fingerprint density at radius 2 is 1.79 bits per heavy atom. The number of carbonyl (C=O) groups excluding carboxylic acids is 2. The standard InChI is InChI=1S/C15H11NO3/c1-19-13-5-3-2-4-10(13)9-6-7-12-11(8-9)14(17)15(18)16-12/h2-8H,1H3,(H,16,17,18). The molecule has 1 amide bonds. The number of Topliss-reactive ketones (excluding diaryl/α,β-unsaturated/α-hetero) is 1. The number of methoxy groups -OCH3 is 1. The summed E-state index contributed by atoms with van der Waals surface area (Å²) in [4.78, 5) is 23.0. The van der Waals surface area contributed by atoms with E-state index >= 15 is 0 Å². The van der Waals surface area contributed by atoms with E-state index in [-0.39, 0.29) is 0 Å². The van der Waals surface area contributed by atoms with Crippen LogP contribution in [0.25, 0.3) is 11.1 Å². The molecule has 0 unspecified atom stereocenters. The van der Waals surface area contributed by atoms with Crippen molar-refractivity contribution in [1.82, 2.24) is 0 Å². The van der Waals surface area contributed by atoms with Gasteiger partial charge in [-0.3, -0.25) is 9.59 Å². The lowest BCUT2D eigenvalue weighted by Crippen LogP contribution is -2.12. The van der Waals surface area contributed by atoms with Gasteiger partial charge in [-0.25, -0.2) is 0 Å². The van der Waals surface area contributed by atoms with Crippen molar-refractivity contribution >= 4 is 17.4 Å². The fourth-order valence-corrected chi connectivity index (χ4v) is 2.19. The molecule has 2 aromatic rings. The molecule has 0 atom stereocenters. The van der Waals surface area contributed by atoms with E-state index < -0.39 is 11.7 Å². The Labute approximate surface area is 110 Å². The number of carbonyl (C=O) groups is 2. The zero-order valence-electron chi connectivity index (χ0n) is 10.3. The van der Waals surface area contributed by atoms with Crippen LogP contribution in [-0.4, -0.2) is 18.8 Å². The number of hydrogen-bond donors (Lipinski definition) is 1. The van der Waals surface area contributed by atoms with Crippen molar-refractivity contribution < 1.29 is 14.3 Å². The van der Waals surface area contributed by atoms with Crippen LogP contribution >= 0.6 is 0 Å². The first-order valence-corrected chi connectivity index (χ1v) is 5.84. The second-order valence-corrected chi connectivity index (χ2v) is 4.24. The van der Waals surface area contributed by atoms with Gasteiger partial charge in [-0.15, -0.1) is 0 Å². The van der Waals surface area contributed by atoms with Crippen LogP contribution in [0, 0.1) is 0 Å². The van der Waals surface area contributed by atoms with Crippen molar-refractivity contribution in [3.8, 4) is 16.9 Å². The van der Waals surface area contributed by atoms with Crippen molar-refractivity contribution in [3.63, 3.8) is 0 Å². The van der Waals surface area contributed by atoms with Crippen molar-refractivity contribution in [2.45, 2.75) is 0 Å². The second-order valence-electron chi connectivity index (χ2n) is 4.24. The Hall–Kier alpha value is -2.62. The largest absolute Gasteiger partial charge is 0.496 e. The van der Waals surface area contributed by atoms with E-state index in [0.29, 0.717) is 11.3 Å². The number of amides is 1. The van der Waals surface area contributed by atoms with Crippen LogP contribution in [-0.2, 0) is 4.79 Å². The predicted octanol–water partition coefficient (Wildman–Crippen LogP) is 2.50. The molecule has 0 bridgehead atoms. The number of benzene rings is 2. The maximum Gasteiger partial charge on any atom is 0.296 e. The molecule has 4 nitrogen and oxygen atoms in total. The average molecular weight is 253 g/mol. The summed E-state index contributed by atoms with van der Waals surface area (Å²) in [5.41, 5.74) is 2.71. The Kier molecular flexibility index (Phi) is 2.56. The summed E-state index contributed by atoms with van der Waals surface area (Å²) in [5, 5.41) is 2.53. The maximum atomic E-state index is 11.7. The van der Waals surface area contributed by atoms with Gasteiger partial charge in [0.25, 0.3) is 11.7 Å². The Morgan fingerprint density at radius 3 is 2.58 bits per heavy atom. The van der Waals surface area contributed by atoms with E-state index in [1.807, 2.05) is 30.3 Å². The highest BCUT2D eigenvalue weighted by molar-refractivity contribution is 6.51. The van der Waals surface area contributed by atoms with Crippen LogP contribution < -0.4 is 10.1 Å². The zero-order valence-corrected chi connectivity index (χ0v) is 10.3. The van der Waals surface area contributed by atoms with Gasteiger partial charge in [0.15, 0.2) is 0 Å². The lowest BCUT2D eigenvalue weighted by Gasteiger charge is -2.09. The lowest BCUT2D eigenvalue weighted by atomic mass is 10.0. The summed E-state index contributed by atoms with van der Waals surface area (Å²) in [7, 11) is 1.60. The SMILES string of the molecule is COc1ccccc1-c1ccc2c(c1)C(=O)C(=O)N2. The maximum absolute atomic E-state index is 11.7. The molecule has 94 valence electrons. The van der Waals surface area contributed by atoms with Gasteiger partial charge in [-0.1, -0.05) is 24.3 Å². The number of nitrogens with one attached hydrogen (secondary N) is 1. The van der Waals surface area contributed by atoms with E-state index in [4.69, 9.17) is 4.74 Å². The summed E-state index contributed by atoms with van der Waals surface area (Å²) in [5.74, 6) is -0.342. The van der Waals surface area contributed by atoms with E-state index in [2.05, 4.69) is 5.32 Å². The molecular weight excluding hydrogens is 242 g/mol. The van der Waals surface area contributed by atoms with Gasteiger partial charge >= 0.3 is 0 Å². The van der Waals surface area contributed by atoms with Gasteiger partial charge < -0.3 is 10.1 Å². The van der Waals surface area contributed by atoms with Crippen LogP contribution in [0.1, 0.15) is 10.4 Å². The minimum atomic E-state index is -0.577. The first-order chi connectivity index (χ1) is 9.20. The van der Waals surface area contributed by atoms with Gasteiger partial charge in [0.1, 0.15) is 5.75 Å². The topological polar surface area (TPSA) is 55.4 Å². The molecule has 0 spiro atoms. The molecule has 2 aromatic carbocycles. The minimum Gasteiger partial charge on any atom is -0.496 e. The monoisotopic (exact) mass is 253 g/mol. The molecule has 19 heavy (non-hydrogen) atoms. The van der Waals surface area contributed by atoms with E-state index in [0.717, 1.165) is 16.9 Å². The summed E-state index contributed by atoms with van der Waals surface area (Å²) < 4.78 is 5.30. The van der Waals surface area contributed by atoms with Crippen molar-refractivity contribution in [2.75, 3.05) is 12.4 Å². The third-order valence-corrected chi connectivity index (χ3v) is 3.14. The molecule has 0 aromatic heterocycles. The average Bonchev–Trinajstić information content (AvgIpc) is 2.74. The normalized spacial score (nSPS) is 13.1. The van der Waals surface area contributed by atoms with Crippen molar-refractivity contribution in [1.29, 1.82) is 0 Å². The quantitative estimate of drug-likeness (QED) is 0.836. The second kappa shape index (κ2) is 4.24. The van der Waals surface area contributed by atoms with Gasteiger partial charge in [0, 0.05) is 5.56 Å². The molecule has 3 rings (SSSR count). The molecule has 0 saturated carbocycles. The number of para-hydroxylation sites is 1. The third-order valence-electron chi connectivity index (χ3n) is 3.14. The van der Waals surface area contributed by atoms with Crippen LogP contribution in [0.4, 0.5) is 5.69 Å². The van der Waals surface area contributed by atoms with E-state index in [1.165, 1.54) is 0 Å². The zero-order chi connectivity index (χ0) is 13.4. The number of hydrogen-bond acceptors (Lipinski definition) is 3. The Balaban J connectivity index is 2.14. The molecule has 0 aliphatic carbocycles. The number of ether oxygens (including phenoxy) is 1. The van der Waals surface area contributed by atoms with Gasteiger partial charge in [-0.2, -0.15) is 0 Å². The molecule has 4 heteroatoms. The van der Waals surface area contributed by atoms with Gasteiger partial charge in [0.05, 0.1) is 18.4 Å². The number of rotatable bonds is 2. The van der Waals surface area contributed by atoms with Crippen LogP contribution in [0.5, 0.6) is 5.75 Å². The molecule has 1 aliphatic rings. The fraction of sp³-hybridized carbons (Fsp3) is 0.0667. The molecule has 0 fully saturated rings. The number of fused-ring (bicyclic) bond motifs is 1. The highest BCUT2D eigenvalue weighted by Gasteiger charge is 2.28. The number of anilines is 1. The third kappa shape index (κ3) is 1.78. The molecule has 0 radical (unpaired) electrons. The summed E-state index contributed by atoms with van der Waals surface area (Å²) in [6.07, 6.45) is 0. The van der Waals surface area contributed by atoms with E-state index in [9.17, 15) is 9.59 Å². The van der Waals surface area contributed by atoms with Crippen LogP contribution in [0.15, 0.2) is 42.5 Å². The molecule has 1 heterocycles. The summed E-state index contributed by atoms with van der Waals surface area (Å²) in [6, 6.07) is 12.9. The summed E-state index contributed by atoms with van der Waals surface area (Å²) >= 11 is 0. The smallest absolute Gasteiger partial charge is 0.296 e. The number of ketones is 1. The van der Waals surface area contributed by atoms with Crippen LogP contribution in [0.3, 0.4) is 0 Å². The summed E-state index contributed by atoms with van der Waals surface area (Å²) in [6.45, 7) is 0. The Morgan fingerprint density at radius 1 is 1.00 bits per heavy atom. The van der Waals surface area contributed by atoms with Gasteiger partial charge in [0.2, 0.25) is 0 Å². The molecule has 1 aliphatic heterocycles. The molecular formula is C15H11NO3. The Bertz CT molecular complexity index is 692. The highest BCUT2D eigenvalue weighted by atomic mass is 16.5. The lowest BCUT2D eigenvalue weighted by molar-refractivity contribution is -0.112. The van der Waals surface area contributed by atoms with Gasteiger partial charge in [-0.05, 0) is 23.8 Å². The van der Waals surface area contributed by atoms with E-state index in [1.54, 1.807) is 19.2 Å². The highest BCUT2D eigenvalue weighted by Crippen LogP contribution is 2.33. The first kappa shape index (κ1) is 11.5. The molecule has 1 N–H and O–H groups in total. The van der Waals surface area contributed by atoms with Crippen molar-refractivity contribution in [2.24, 2.45) is 0 Å². The predicted molar refractivity (Wildman–Crippen MR) is 71.4 cm³/mol. The fourth-order valence-electron chi connectivity index (χ4n) is 2.19. The van der Waals surface area contributed by atoms with Crippen molar-refractivity contribution in [3.05, 3.63) is 48.0 Å². The minimum absolute atomic E-state index is 0.411.